The molecule has 4 heteroatoms. The van der Waals surface area contributed by atoms with Crippen LogP contribution in [0.3, 0.4) is 0 Å². The molecule has 0 fully saturated rings. The van der Waals surface area contributed by atoms with Crippen LogP contribution in [0.25, 0.3) is 0 Å². The number of nitrogens with two attached hydrogens (primary N) is 3. The van der Waals surface area contributed by atoms with Gasteiger partial charge < -0.3 is 22.3 Å². The molecule has 0 bridgehead atoms. The summed E-state index contributed by atoms with van der Waals surface area (Å²) in [5.41, 5.74) is 19.1. The summed E-state index contributed by atoms with van der Waals surface area (Å²) < 4.78 is 0. The molecule has 0 spiro atoms. The fourth-order valence-electron chi connectivity index (χ4n) is 1.03. The Kier molecular flexibility index (Phi) is 2.40. The number of hydrogen-bond donors (Lipinski definition) is 4. The van der Waals surface area contributed by atoms with Crippen LogP contribution >= 0.6 is 0 Å². The Balaban J connectivity index is 3.05. The molecule has 0 saturated carbocycles. The van der Waals surface area contributed by atoms with Gasteiger partial charge in [0.05, 0.1) is 11.4 Å². The molecule has 1 aromatic rings. The average molecular weight is 167 g/mol. The first-order valence-corrected chi connectivity index (χ1v) is 3.69. The van der Waals surface area contributed by atoms with Crippen molar-refractivity contribution in [2.45, 2.75) is 6.42 Å². The van der Waals surface area contributed by atoms with E-state index in [1.165, 1.54) is 0 Å². The lowest BCUT2D eigenvalue weighted by Gasteiger charge is -2.07. The van der Waals surface area contributed by atoms with Crippen LogP contribution in [0, 0.1) is 0 Å². The summed E-state index contributed by atoms with van der Waals surface area (Å²) in [7, 11) is 0. The number of aliphatic hydroxyl groups excluding tert-OH is 1. The van der Waals surface area contributed by atoms with Gasteiger partial charge in [-0.2, -0.15) is 0 Å². The van der Waals surface area contributed by atoms with Gasteiger partial charge in [0.1, 0.15) is 0 Å². The number of benzene rings is 1. The summed E-state index contributed by atoms with van der Waals surface area (Å²) >= 11 is 0. The van der Waals surface area contributed by atoms with Gasteiger partial charge in [0.2, 0.25) is 0 Å². The molecule has 0 aliphatic rings. The van der Waals surface area contributed by atoms with E-state index in [9.17, 15) is 0 Å². The van der Waals surface area contributed by atoms with E-state index < -0.39 is 0 Å². The number of aliphatic hydroxyl groups is 1. The van der Waals surface area contributed by atoms with Crippen molar-refractivity contribution in [2.75, 3.05) is 23.8 Å². The van der Waals surface area contributed by atoms with Gasteiger partial charge in [-0.3, -0.25) is 0 Å². The van der Waals surface area contributed by atoms with Gasteiger partial charge in [0, 0.05) is 12.3 Å². The minimum absolute atomic E-state index is 0.0631. The Bertz CT molecular complexity index is 286. The van der Waals surface area contributed by atoms with Crippen LogP contribution in [0.1, 0.15) is 5.56 Å². The first-order valence-electron chi connectivity index (χ1n) is 3.69. The number of rotatable bonds is 2. The van der Waals surface area contributed by atoms with Gasteiger partial charge in [-0.1, -0.05) is 0 Å². The van der Waals surface area contributed by atoms with Crippen molar-refractivity contribution in [3.8, 4) is 0 Å². The standard InChI is InChI=1S/C8H13N3O/c9-6-4-8(11)7(10)3-5(6)1-2-12/h3-4,12H,1-2,9-11H2. The normalized spacial score (nSPS) is 10.1. The molecule has 4 nitrogen and oxygen atoms in total. The van der Waals surface area contributed by atoms with Crippen molar-refractivity contribution in [2.24, 2.45) is 0 Å². The highest BCUT2D eigenvalue weighted by Gasteiger charge is 2.02. The van der Waals surface area contributed by atoms with E-state index in [0.717, 1.165) is 5.56 Å². The molecule has 0 amide bonds. The lowest BCUT2D eigenvalue weighted by atomic mass is 10.1. The van der Waals surface area contributed by atoms with Crippen molar-refractivity contribution < 1.29 is 5.11 Å². The minimum atomic E-state index is 0.0631. The van der Waals surface area contributed by atoms with Crippen LogP contribution in [0.5, 0.6) is 0 Å². The highest BCUT2D eigenvalue weighted by Crippen LogP contribution is 2.22. The van der Waals surface area contributed by atoms with Crippen LogP contribution in [-0.2, 0) is 6.42 Å². The quantitative estimate of drug-likeness (QED) is 0.465. The maximum Gasteiger partial charge on any atom is 0.0568 e. The van der Waals surface area contributed by atoms with Crippen molar-refractivity contribution in [3.63, 3.8) is 0 Å². The van der Waals surface area contributed by atoms with Crippen LogP contribution < -0.4 is 17.2 Å². The Hall–Kier alpha value is -1.42. The summed E-state index contributed by atoms with van der Waals surface area (Å²) in [6, 6.07) is 3.31. The summed E-state index contributed by atoms with van der Waals surface area (Å²) in [5, 5.41) is 8.68. The highest BCUT2D eigenvalue weighted by molar-refractivity contribution is 5.71. The number of nitrogen functional groups attached to an aromatic ring is 3. The van der Waals surface area contributed by atoms with Gasteiger partial charge in [-0.05, 0) is 24.1 Å². The summed E-state index contributed by atoms with van der Waals surface area (Å²) in [6.07, 6.45) is 0.510. The average Bonchev–Trinajstić information content (AvgIpc) is 2.01. The third kappa shape index (κ3) is 1.60. The number of anilines is 3. The molecule has 1 rings (SSSR count). The Morgan fingerprint density at radius 2 is 1.58 bits per heavy atom. The van der Waals surface area contributed by atoms with Gasteiger partial charge >= 0.3 is 0 Å². The molecule has 66 valence electrons. The predicted octanol–water partition coefficient (Wildman–Crippen LogP) is -0.0320. The zero-order chi connectivity index (χ0) is 9.14. The van der Waals surface area contributed by atoms with Crippen LogP contribution in [-0.4, -0.2) is 11.7 Å². The lowest BCUT2D eigenvalue weighted by Crippen LogP contribution is -2.02. The van der Waals surface area contributed by atoms with Crippen LogP contribution in [0.4, 0.5) is 17.1 Å². The van der Waals surface area contributed by atoms with E-state index in [2.05, 4.69) is 0 Å². The zero-order valence-corrected chi connectivity index (χ0v) is 6.75. The number of hydrogen-bond acceptors (Lipinski definition) is 4. The fourth-order valence-corrected chi connectivity index (χ4v) is 1.03. The third-order valence-electron chi connectivity index (χ3n) is 1.73. The second-order valence-corrected chi connectivity index (χ2v) is 2.65. The van der Waals surface area contributed by atoms with E-state index in [4.69, 9.17) is 22.3 Å². The Morgan fingerprint density at radius 3 is 2.17 bits per heavy atom. The Morgan fingerprint density at radius 1 is 1.00 bits per heavy atom. The van der Waals surface area contributed by atoms with E-state index in [1.54, 1.807) is 12.1 Å². The molecular weight excluding hydrogens is 154 g/mol. The lowest BCUT2D eigenvalue weighted by molar-refractivity contribution is 0.300. The van der Waals surface area contributed by atoms with E-state index in [-0.39, 0.29) is 6.61 Å². The van der Waals surface area contributed by atoms with Gasteiger partial charge in [0.25, 0.3) is 0 Å². The van der Waals surface area contributed by atoms with Crippen molar-refractivity contribution in [3.05, 3.63) is 17.7 Å². The van der Waals surface area contributed by atoms with E-state index >= 15 is 0 Å². The van der Waals surface area contributed by atoms with Gasteiger partial charge in [-0.15, -0.1) is 0 Å². The molecule has 0 unspecified atom stereocenters. The van der Waals surface area contributed by atoms with E-state index in [0.29, 0.717) is 23.5 Å². The third-order valence-corrected chi connectivity index (χ3v) is 1.73. The molecule has 0 aliphatic heterocycles. The monoisotopic (exact) mass is 167 g/mol. The molecular formula is C8H13N3O. The largest absolute Gasteiger partial charge is 0.398 e. The van der Waals surface area contributed by atoms with Crippen LogP contribution in [0.2, 0.25) is 0 Å². The fraction of sp³-hybridized carbons (Fsp3) is 0.250. The Labute approximate surface area is 71.0 Å². The highest BCUT2D eigenvalue weighted by atomic mass is 16.2. The maximum absolute atomic E-state index is 8.68. The molecule has 12 heavy (non-hydrogen) atoms. The topological polar surface area (TPSA) is 98.3 Å². The molecule has 7 N–H and O–H groups in total. The molecule has 0 atom stereocenters. The van der Waals surface area contributed by atoms with Gasteiger partial charge in [-0.25, -0.2) is 0 Å². The second kappa shape index (κ2) is 3.32. The maximum atomic E-state index is 8.68. The second-order valence-electron chi connectivity index (χ2n) is 2.65. The predicted molar refractivity (Wildman–Crippen MR) is 50.5 cm³/mol. The summed E-state index contributed by atoms with van der Waals surface area (Å²) in [4.78, 5) is 0. The molecule has 1 aromatic carbocycles. The SMILES string of the molecule is Nc1cc(N)c(CCO)cc1N. The smallest absolute Gasteiger partial charge is 0.0568 e. The first kappa shape index (κ1) is 8.67. The molecule has 0 radical (unpaired) electrons. The summed E-state index contributed by atoms with van der Waals surface area (Å²) in [5.74, 6) is 0. The summed E-state index contributed by atoms with van der Waals surface area (Å²) in [6.45, 7) is 0.0631. The minimum Gasteiger partial charge on any atom is -0.398 e. The zero-order valence-electron chi connectivity index (χ0n) is 6.75. The van der Waals surface area contributed by atoms with Crippen LogP contribution in [0.15, 0.2) is 12.1 Å². The molecule has 0 aliphatic carbocycles. The van der Waals surface area contributed by atoms with Crippen molar-refractivity contribution in [1.82, 2.24) is 0 Å². The van der Waals surface area contributed by atoms with E-state index in [1.807, 2.05) is 0 Å². The molecule has 0 saturated heterocycles. The van der Waals surface area contributed by atoms with Crippen molar-refractivity contribution in [1.29, 1.82) is 0 Å². The van der Waals surface area contributed by atoms with Gasteiger partial charge in [0.15, 0.2) is 0 Å². The molecule has 0 aromatic heterocycles. The first-order chi connectivity index (χ1) is 5.65. The van der Waals surface area contributed by atoms with Crippen molar-refractivity contribution >= 4 is 17.1 Å². The molecule has 0 heterocycles.